The molecule has 2 aliphatic heterocycles. The highest BCUT2D eigenvalue weighted by Crippen LogP contribution is 2.34. The molecule has 1 saturated heterocycles. The minimum absolute atomic E-state index is 0.245. The van der Waals surface area contributed by atoms with E-state index in [-0.39, 0.29) is 12.8 Å². The summed E-state index contributed by atoms with van der Waals surface area (Å²) in [4.78, 5) is 13.2. The fourth-order valence-corrected chi connectivity index (χ4v) is 2.91. The van der Waals surface area contributed by atoms with Crippen LogP contribution in [-0.2, 0) is 11.3 Å². The smallest absolute Gasteiger partial charge is 0.335 e. The van der Waals surface area contributed by atoms with Crippen LogP contribution in [0.3, 0.4) is 0 Å². The molecule has 1 aromatic carbocycles. The summed E-state index contributed by atoms with van der Waals surface area (Å²) < 4.78 is 11.5. The van der Waals surface area contributed by atoms with Crippen LogP contribution >= 0.6 is 0 Å². The van der Waals surface area contributed by atoms with E-state index in [0.29, 0.717) is 32.8 Å². The van der Waals surface area contributed by atoms with E-state index >= 15 is 0 Å². The highest BCUT2D eigenvalue weighted by atomic mass is 16.5. The van der Waals surface area contributed by atoms with Crippen molar-refractivity contribution in [2.45, 2.75) is 31.4 Å². The summed E-state index contributed by atoms with van der Waals surface area (Å²) in [6.07, 6.45) is 1.35. The monoisotopic (exact) mass is 307 g/mol. The molecule has 1 fully saturated rings. The molecule has 0 aromatic heterocycles. The zero-order valence-electron chi connectivity index (χ0n) is 12.5. The summed E-state index contributed by atoms with van der Waals surface area (Å²) in [6.45, 7) is 3.07. The van der Waals surface area contributed by atoms with Crippen molar-refractivity contribution < 1.29 is 24.5 Å². The van der Waals surface area contributed by atoms with Crippen molar-refractivity contribution in [1.82, 2.24) is 4.90 Å². The van der Waals surface area contributed by atoms with E-state index in [4.69, 9.17) is 14.6 Å². The minimum atomic E-state index is -1.58. The average Bonchev–Trinajstić information content (AvgIpc) is 2.76. The van der Waals surface area contributed by atoms with Gasteiger partial charge in [0.1, 0.15) is 0 Å². The van der Waals surface area contributed by atoms with Crippen molar-refractivity contribution in [2.75, 3.05) is 26.3 Å². The first kappa shape index (κ1) is 15.1. The first-order chi connectivity index (χ1) is 10.6. The molecule has 1 aromatic rings. The lowest BCUT2D eigenvalue weighted by atomic mass is 9.91. The molecule has 120 valence electrons. The number of nitrogens with zero attached hydrogens (tertiary/aromatic N) is 1. The summed E-state index contributed by atoms with van der Waals surface area (Å²) in [5.41, 5.74) is -0.538. The van der Waals surface area contributed by atoms with Gasteiger partial charge in [0, 0.05) is 31.6 Å². The zero-order valence-corrected chi connectivity index (χ0v) is 12.5. The maximum atomic E-state index is 11.1. The highest BCUT2D eigenvalue weighted by Gasteiger charge is 2.39. The van der Waals surface area contributed by atoms with Gasteiger partial charge in [-0.2, -0.15) is 0 Å². The summed E-state index contributed by atoms with van der Waals surface area (Å²) in [5.74, 6) is 0.436. The number of aliphatic carboxylic acids is 1. The van der Waals surface area contributed by atoms with Gasteiger partial charge in [0.2, 0.25) is 0 Å². The van der Waals surface area contributed by atoms with Crippen molar-refractivity contribution in [3.05, 3.63) is 23.8 Å². The van der Waals surface area contributed by atoms with Crippen LogP contribution < -0.4 is 9.47 Å². The van der Waals surface area contributed by atoms with Gasteiger partial charge in [0.15, 0.2) is 17.1 Å². The number of carboxylic acid groups (broad SMARTS) is 1. The lowest BCUT2D eigenvalue weighted by Crippen LogP contribution is -2.49. The Morgan fingerprint density at radius 1 is 1.23 bits per heavy atom. The molecule has 0 aliphatic carbocycles. The molecule has 6 nitrogen and oxygen atoms in total. The number of hydrogen-bond donors (Lipinski definition) is 2. The SMILES string of the molecule is O=C(O)C1(O)CCN(Cc2cccc3c2OCCCO3)CC1. The Labute approximate surface area is 129 Å². The maximum Gasteiger partial charge on any atom is 0.335 e. The standard InChI is InChI=1S/C16H21NO5/c18-15(19)16(20)5-7-17(8-6-16)11-12-3-1-4-13-14(12)22-10-2-9-21-13/h1,3-4,20H,2,5-11H2,(H,18,19). The number of carbonyl (C=O) groups is 1. The third-order valence-corrected chi connectivity index (χ3v) is 4.33. The molecule has 0 bridgehead atoms. The fraction of sp³-hybridized carbons (Fsp3) is 0.562. The molecule has 0 saturated carbocycles. The lowest BCUT2D eigenvalue weighted by Gasteiger charge is -2.35. The molecule has 0 spiro atoms. The van der Waals surface area contributed by atoms with Crippen molar-refractivity contribution in [2.24, 2.45) is 0 Å². The molecule has 2 heterocycles. The van der Waals surface area contributed by atoms with Crippen molar-refractivity contribution in [1.29, 1.82) is 0 Å². The van der Waals surface area contributed by atoms with Crippen molar-refractivity contribution in [3.8, 4) is 11.5 Å². The quantitative estimate of drug-likeness (QED) is 0.875. The van der Waals surface area contributed by atoms with E-state index in [1.54, 1.807) is 0 Å². The zero-order chi connectivity index (χ0) is 15.6. The van der Waals surface area contributed by atoms with E-state index in [1.807, 2.05) is 18.2 Å². The number of piperidine rings is 1. The van der Waals surface area contributed by atoms with E-state index in [0.717, 1.165) is 23.5 Å². The van der Waals surface area contributed by atoms with E-state index in [2.05, 4.69) is 4.90 Å². The fourth-order valence-electron chi connectivity index (χ4n) is 2.91. The highest BCUT2D eigenvalue weighted by molar-refractivity contribution is 5.77. The number of likely N-dealkylation sites (tertiary alicyclic amines) is 1. The molecule has 0 radical (unpaired) electrons. The topological polar surface area (TPSA) is 79.2 Å². The summed E-state index contributed by atoms with van der Waals surface area (Å²) in [6, 6.07) is 5.86. The van der Waals surface area contributed by atoms with Crippen LogP contribution in [0.5, 0.6) is 11.5 Å². The van der Waals surface area contributed by atoms with Gasteiger partial charge in [-0.15, -0.1) is 0 Å². The van der Waals surface area contributed by atoms with Crippen LogP contribution in [0.1, 0.15) is 24.8 Å². The number of ether oxygens (including phenoxy) is 2. The molecular weight excluding hydrogens is 286 g/mol. The van der Waals surface area contributed by atoms with Gasteiger partial charge in [-0.1, -0.05) is 12.1 Å². The molecule has 0 atom stereocenters. The molecule has 0 unspecified atom stereocenters. The van der Waals surface area contributed by atoms with Crippen molar-refractivity contribution >= 4 is 5.97 Å². The first-order valence-corrected chi connectivity index (χ1v) is 7.64. The van der Waals surface area contributed by atoms with Gasteiger partial charge in [-0.25, -0.2) is 4.79 Å². The second kappa shape index (κ2) is 6.14. The van der Waals surface area contributed by atoms with E-state index in [9.17, 15) is 9.90 Å². The average molecular weight is 307 g/mol. The Kier molecular flexibility index (Phi) is 4.22. The van der Waals surface area contributed by atoms with Gasteiger partial charge < -0.3 is 19.7 Å². The van der Waals surface area contributed by atoms with Crippen LogP contribution in [0.25, 0.3) is 0 Å². The number of hydrogen-bond acceptors (Lipinski definition) is 5. The third-order valence-electron chi connectivity index (χ3n) is 4.33. The Balaban J connectivity index is 1.69. The van der Waals surface area contributed by atoms with E-state index < -0.39 is 11.6 Å². The Morgan fingerprint density at radius 3 is 2.68 bits per heavy atom. The molecule has 6 heteroatoms. The third kappa shape index (κ3) is 3.03. The molecule has 3 rings (SSSR count). The second-order valence-corrected chi connectivity index (χ2v) is 5.91. The molecule has 22 heavy (non-hydrogen) atoms. The number of benzene rings is 1. The van der Waals surface area contributed by atoms with E-state index in [1.165, 1.54) is 0 Å². The summed E-state index contributed by atoms with van der Waals surface area (Å²) in [5, 5.41) is 19.0. The van der Waals surface area contributed by atoms with Crippen molar-refractivity contribution in [3.63, 3.8) is 0 Å². The van der Waals surface area contributed by atoms with Crippen LogP contribution in [0.4, 0.5) is 0 Å². The summed E-state index contributed by atoms with van der Waals surface area (Å²) >= 11 is 0. The lowest BCUT2D eigenvalue weighted by molar-refractivity contribution is -0.163. The largest absolute Gasteiger partial charge is 0.490 e. The van der Waals surface area contributed by atoms with Gasteiger partial charge in [0.05, 0.1) is 13.2 Å². The number of aliphatic hydroxyl groups is 1. The van der Waals surface area contributed by atoms with Gasteiger partial charge in [0.25, 0.3) is 0 Å². The van der Waals surface area contributed by atoms with Gasteiger partial charge in [-0.05, 0) is 18.9 Å². The minimum Gasteiger partial charge on any atom is -0.490 e. The molecule has 2 N–H and O–H groups in total. The number of carboxylic acids is 1. The molecule has 0 amide bonds. The maximum absolute atomic E-state index is 11.1. The normalized spacial score (nSPS) is 21.1. The predicted molar refractivity (Wildman–Crippen MR) is 79.1 cm³/mol. The Bertz CT molecular complexity index is 551. The molecule has 2 aliphatic rings. The number of rotatable bonds is 3. The first-order valence-electron chi connectivity index (χ1n) is 7.64. The van der Waals surface area contributed by atoms with Gasteiger partial charge in [-0.3, -0.25) is 4.90 Å². The Hall–Kier alpha value is -1.79. The summed E-state index contributed by atoms with van der Waals surface area (Å²) in [7, 11) is 0. The Morgan fingerprint density at radius 2 is 1.95 bits per heavy atom. The number of para-hydroxylation sites is 1. The predicted octanol–water partition coefficient (Wildman–Crippen LogP) is 1.26. The number of fused-ring (bicyclic) bond motifs is 1. The molecular formula is C16H21NO5. The van der Waals surface area contributed by atoms with Crippen LogP contribution in [0, 0.1) is 0 Å². The van der Waals surface area contributed by atoms with Crippen LogP contribution in [0.15, 0.2) is 18.2 Å². The van der Waals surface area contributed by atoms with Crippen LogP contribution in [-0.4, -0.2) is 53.0 Å². The van der Waals surface area contributed by atoms with Gasteiger partial charge >= 0.3 is 5.97 Å². The second-order valence-electron chi connectivity index (χ2n) is 5.91. The van der Waals surface area contributed by atoms with Crippen LogP contribution in [0.2, 0.25) is 0 Å².